The molecular weight excluding hydrogens is 114 g/mol. The summed E-state index contributed by atoms with van der Waals surface area (Å²) in [6, 6.07) is 0. The van der Waals surface area contributed by atoms with Gasteiger partial charge in [0.1, 0.15) is 11.8 Å². The van der Waals surface area contributed by atoms with Gasteiger partial charge in [-0.15, -0.1) is 0 Å². The van der Waals surface area contributed by atoms with Gasteiger partial charge in [-0.1, -0.05) is 16.8 Å². The largest absolute Gasteiger partial charge is 0.395 e. The third-order valence-electron chi connectivity index (χ3n) is 0.319. The van der Waals surface area contributed by atoms with E-state index >= 15 is 0 Å². The van der Waals surface area contributed by atoms with Crippen LogP contribution in [0.4, 0.5) is 0 Å². The van der Waals surface area contributed by atoms with Crippen molar-refractivity contribution >= 4 is 16.8 Å². The molecule has 0 aliphatic carbocycles. The molecule has 2 nitrogen and oxygen atoms in total. The molecule has 3 heteroatoms. The van der Waals surface area contributed by atoms with E-state index in [0.29, 0.717) is 11.8 Å². The number of hydrogen-bond donors (Lipinski definition) is 0. The molecule has 42 valence electrons. The zero-order chi connectivity index (χ0) is 5.70. The summed E-state index contributed by atoms with van der Waals surface area (Å²) < 4.78 is 0. The van der Waals surface area contributed by atoms with Gasteiger partial charge in [-0.05, 0) is 13.8 Å². The molecule has 0 aromatic rings. The van der Waals surface area contributed by atoms with Crippen LogP contribution in [-0.2, 0) is 4.84 Å². The molecule has 0 saturated heterocycles. The lowest BCUT2D eigenvalue weighted by Crippen LogP contribution is -1.81. The average Bonchev–Trinajstić information content (AvgIpc) is 1.61. The summed E-state index contributed by atoms with van der Waals surface area (Å²) in [5, 5.41) is 3.86. The van der Waals surface area contributed by atoms with E-state index in [4.69, 9.17) is 11.6 Å². The van der Waals surface area contributed by atoms with E-state index in [1.165, 1.54) is 0 Å². The number of oxime groups is 1. The Bertz CT molecular complexity index is 68.1. The van der Waals surface area contributed by atoms with Crippen LogP contribution in [0.5, 0.6) is 0 Å². The van der Waals surface area contributed by atoms with Gasteiger partial charge in [0.25, 0.3) is 0 Å². The predicted molar refractivity (Wildman–Crippen MR) is 30.6 cm³/mol. The van der Waals surface area contributed by atoms with Gasteiger partial charge in [0.15, 0.2) is 0 Å². The van der Waals surface area contributed by atoms with Gasteiger partial charge in [-0.2, -0.15) is 0 Å². The maximum absolute atomic E-state index is 5.28. The van der Waals surface area contributed by atoms with Crippen molar-refractivity contribution in [2.75, 3.05) is 6.61 Å². The van der Waals surface area contributed by atoms with Crippen molar-refractivity contribution in [1.29, 1.82) is 0 Å². The molecule has 0 rings (SSSR count). The van der Waals surface area contributed by atoms with Crippen molar-refractivity contribution in [2.24, 2.45) is 5.16 Å². The van der Waals surface area contributed by atoms with E-state index in [9.17, 15) is 0 Å². The molecule has 0 aliphatic rings. The van der Waals surface area contributed by atoms with E-state index in [1.807, 2.05) is 6.92 Å². The van der Waals surface area contributed by atoms with Crippen LogP contribution in [0, 0.1) is 0 Å². The molecule has 0 bridgehead atoms. The Morgan fingerprint density at radius 3 is 2.57 bits per heavy atom. The van der Waals surface area contributed by atoms with Crippen molar-refractivity contribution < 1.29 is 4.84 Å². The molecule has 0 amide bonds. The lowest BCUT2D eigenvalue weighted by Gasteiger charge is -1.88. The Morgan fingerprint density at radius 1 is 1.86 bits per heavy atom. The molecule has 0 aromatic heterocycles. The van der Waals surface area contributed by atoms with E-state index < -0.39 is 0 Å². The molecular formula is C4H8ClNO. The molecule has 7 heavy (non-hydrogen) atoms. The standard InChI is InChI=1S/C4H8ClNO/c1-3-7-6-4(2)5/h3H2,1-2H3. The van der Waals surface area contributed by atoms with Crippen LogP contribution < -0.4 is 0 Å². The van der Waals surface area contributed by atoms with E-state index in [1.54, 1.807) is 6.92 Å². The molecule has 0 spiro atoms. The van der Waals surface area contributed by atoms with Gasteiger partial charge in [-0.3, -0.25) is 0 Å². The summed E-state index contributed by atoms with van der Waals surface area (Å²) in [6.07, 6.45) is 0. The summed E-state index contributed by atoms with van der Waals surface area (Å²) >= 11 is 5.28. The Balaban J connectivity index is 3.08. The summed E-state index contributed by atoms with van der Waals surface area (Å²) in [7, 11) is 0. The van der Waals surface area contributed by atoms with Crippen molar-refractivity contribution in [2.45, 2.75) is 13.8 Å². The number of nitrogens with zero attached hydrogens (tertiary/aromatic N) is 1. The third-order valence-corrected chi connectivity index (χ3v) is 0.388. The van der Waals surface area contributed by atoms with Gasteiger partial charge in [0, 0.05) is 0 Å². The van der Waals surface area contributed by atoms with E-state index in [-0.39, 0.29) is 0 Å². The molecule has 0 unspecified atom stereocenters. The molecule has 0 N–H and O–H groups in total. The highest BCUT2D eigenvalue weighted by Crippen LogP contribution is 1.83. The minimum atomic E-state index is 0.432. The van der Waals surface area contributed by atoms with Crippen molar-refractivity contribution in [3.05, 3.63) is 0 Å². The topological polar surface area (TPSA) is 21.6 Å². The Labute approximate surface area is 48.1 Å². The highest BCUT2D eigenvalue weighted by atomic mass is 35.5. The second kappa shape index (κ2) is 3.93. The first-order valence-corrected chi connectivity index (χ1v) is 2.47. The maximum atomic E-state index is 5.28. The molecule has 0 saturated carbocycles. The fourth-order valence-corrected chi connectivity index (χ4v) is 0.202. The Morgan fingerprint density at radius 2 is 2.43 bits per heavy atom. The van der Waals surface area contributed by atoms with Crippen molar-refractivity contribution in [3.8, 4) is 0 Å². The second-order valence-corrected chi connectivity index (χ2v) is 1.55. The lowest BCUT2D eigenvalue weighted by molar-refractivity contribution is 0.159. The van der Waals surface area contributed by atoms with Crippen molar-refractivity contribution in [1.82, 2.24) is 0 Å². The summed E-state index contributed by atoms with van der Waals surface area (Å²) in [6.45, 7) is 4.09. The fourth-order valence-electron chi connectivity index (χ4n) is 0.153. The van der Waals surface area contributed by atoms with Gasteiger partial charge in [0.05, 0.1) is 0 Å². The van der Waals surface area contributed by atoms with Crippen LogP contribution in [0.15, 0.2) is 5.16 Å². The second-order valence-electron chi connectivity index (χ2n) is 1.01. The Kier molecular flexibility index (Phi) is 3.80. The third kappa shape index (κ3) is 5.76. The van der Waals surface area contributed by atoms with Gasteiger partial charge < -0.3 is 4.84 Å². The lowest BCUT2D eigenvalue weighted by atomic mass is 10.9. The quantitative estimate of drug-likeness (QED) is 0.402. The van der Waals surface area contributed by atoms with Crippen LogP contribution in [-0.4, -0.2) is 11.8 Å². The van der Waals surface area contributed by atoms with Crippen LogP contribution in [0.3, 0.4) is 0 Å². The molecule has 0 fully saturated rings. The monoisotopic (exact) mass is 121 g/mol. The van der Waals surface area contributed by atoms with Crippen LogP contribution >= 0.6 is 11.6 Å². The summed E-state index contributed by atoms with van der Waals surface area (Å²) in [5.41, 5.74) is 0. The predicted octanol–water partition coefficient (Wildman–Crippen LogP) is 1.60. The number of halogens is 1. The van der Waals surface area contributed by atoms with Gasteiger partial charge in [0.2, 0.25) is 0 Å². The normalized spacial score (nSPS) is 11.6. The van der Waals surface area contributed by atoms with Crippen LogP contribution in [0.1, 0.15) is 13.8 Å². The minimum Gasteiger partial charge on any atom is -0.395 e. The molecule has 0 aromatic carbocycles. The highest BCUT2D eigenvalue weighted by Gasteiger charge is 1.76. The number of rotatable bonds is 2. The Hall–Kier alpha value is -0.240. The highest BCUT2D eigenvalue weighted by molar-refractivity contribution is 6.64. The zero-order valence-corrected chi connectivity index (χ0v) is 5.20. The maximum Gasteiger partial charge on any atom is 0.142 e. The van der Waals surface area contributed by atoms with Crippen molar-refractivity contribution in [3.63, 3.8) is 0 Å². The first-order valence-electron chi connectivity index (χ1n) is 2.09. The molecule has 0 atom stereocenters. The van der Waals surface area contributed by atoms with Crippen LogP contribution in [0.2, 0.25) is 0 Å². The molecule has 0 aliphatic heterocycles. The summed E-state index contributed by atoms with van der Waals surface area (Å²) in [5.74, 6) is 0. The SMILES string of the molecule is CCON=C(C)Cl. The zero-order valence-electron chi connectivity index (χ0n) is 4.44. The van der Waals surface area contributed by atoms with E-state index in [2.05, 4.69) is 9.99 Å². The average molecular weight is 122 g/mol. The minimum absolute atomic E-state index is 0.432. The number of hydrogen-bond acceptors (Lipinski definition) is 2. The van der Waals surface area contributed by atoms with E-state index in [0.717, 1.165) is 0 Å². The fraction of sp³-hybridized carbons (Fsp3) is 0.750. The van der Waals surface area contributed by atoms with Gasteiger partial charge >= 0.3 is 0 Å². The smallest absolute Gasteiger partial charge is 0.142 e. The first-order chi connectivity index (χ1) is 3.27. The molecule has 0 radical (unpaired) electrons. The molecule has 0 heterocycles. The van der Waals surface area contributed by atoms with Crippen LogP contribution in [0.25, 0.3) is 0 Å². The van der Waals surface area contributed by atoms with Gasteiger partial charge in [-0.25, -0.2) is 0 Å². The first kappa shape index (κ1) is 6.76. The summed E-state index contributed by atoms with van der Waals surface area (Å²) in [4.78, 5) is 4.55.